The normalized spacial score (nSPS) is 11.2. The van der Waals surface area contributed by atoms with Crippen LogP contribution in [0, 0.1) is 0 Å². The maximum absolute atomic E-state index is 11.9. The number of hydrogen-bond donors (Lipinski definition) is 2. The maximum Gasteiger partial charge on any atom is 0.302 e. The molecule has 9 nitrogen and oxygen atoms in total. The molecule has 4 rings (SSSR count). The van der Waals surface area contributed by atoms with Gasteiger partial charge in [0, 0.05) is 10.9 Å². The molecule has 0 aliphatic heterocycles. The van der Waals surface area contributed by atoms with Gasteiger partial charge in [0.1, 0.15) is 5.52 Å². The number of aromatic nitrogens is 6. The Balaban J connectivity index is 1.48. The Bertz CT molecular complexity index is 1040. The molecule has 0 spiro atoms. The highest BCUT2D eigenvalue weighted by molar-refractivity contribution is 7.99. The number of para-hydroxylation sites is 1. The van der Waals surface area contributed by atoms with Crippen molar-refractivity contribution in [1.29, 1.82) is 0 Å². The van der Waals surface area contributed by atoms with Gasteiger partial charge in [-0.25, -0.2) is 4.98 Å². The average Bonchev–Trinajstić information content (AvgIpc) is 3.15. The van der Waals surface area contributed by atoms with Crippen molar-refractivity contribution in [2.75, 3.05) is 11.1 Å². The van der Waals surface area contributed by atoms with E-state index in [9.17, 15) is 4.79 Å². The van der Waals surface area contributed by atoms with Crippen LogP contribution >= 0.6 is 11.8 Å². The molecule has 0 saturated heterocycles. The average molecular weight is 342 g/mol. The second-order valence-corrected chi connectivity index (χ2v) is 5.98. The van der Waals surface area contributed by atoms with Gasteiger partial charge in [0.2, 0.25) is 11.1 Å². The molecule has 0 atom stereocenters. The zero-order valence-corrected chi connectivity index (χ0v) is 13.4. The third-order valence-corrected chi connectivity index (χ3v) is 4.11. The highest BCUT2D eigenvalue weighted by Gasteiger charge is 2.13. The second kappa shape index (κ2) is 5.89. The first-order valence-electron chi connectivity index (χ1n) is 7.05. The van der Waals surface area contributed by atoms with Gasteiger partial charge >= 0.3 is 5.88 Å². The number of aromatic amines is 1. The molecule has 0 bridgehead atoms. The third kappa shape index (κ3) is 2.78. The fourth-order valence-corrected chi connectivity index (χ4v) is 2.84. The summed E-state index contributed by atoms with van der Waals surface area (Å²) in [5, 5.41) is 15.9. The number of fused-ring (bicyclic) bond motifs is 3. The van der Waals surface area contributed by atoms with Gasteiger partial charge in [-0.05, 0) is 6.07 Å². The number of H-pyrrole nitrogens is 1. The number of anilines is 1. The number of thioether (sulfide) groups is 1. The highest BCUT2D eigenvalue weighted by atomic mass is 32.2. The van der Waals surface area contributed by atoms with Gasteiger partial charge in [0.25, 0.3) is 6.20 Å². The Morgan fingerprint density at radius 2 is 2.25 bits per heavy atom. The predicted octanol–water partition coefficient (Wildman–Crippen LogP) is 1.05. The van der Waals surface area contributed by atoms with E-state index in [0.717, 1.165) is 10.9 Å². The van der Waals surface area contributed by atoms with E-state index in [1.54, 1.807) is 13.2 Å². The first-order valence-corrected chi connectivity index (χ1v) is 8.04. The molecule has 0 aliphatic carbocycles. The van der Waals surface area contributed by atoms with Crippen LogP contribution in [0.3, 0.4) is 0 Å². The lowest BCUT2D eigenvalue weighted by atomic mass is 10.2. The molecule has 2 N–H and O–H groups in total. The van der Waals surface area contributed by atoms with Crippen molar-refractivity contribution in [3.05, 3.63) is 30.5 Å². The highest BCUT2D eigenvalue weighted by Crippen LogP contribution is 2.23. The summed E-state index contributed by atoms with van der Waals surface area (Å²) < 4.78 is 6.36. The molecule has 1 aromatic carbocycles. The molecular weight excluding hydrogens is 330 g/mol. The van der Waals surface area contributed by atoms with Gasteiger partial charge < -0.3 is 4.98 Å². The molecule has 1 amide bonds. The van der Waals surface area contributed by atoms with Gasteiger partial charge in [-0.1, -0.05) is 34.6 Å². The first kappa shape index (κ1) is 14.6. The lowest BCUT2D eigenvalue weighted by Crippen LogP contribution is -2.28. The molecule has 0 aliphatic rings. The summed E-state index contributed by atoms with van der Waals surface area (Å²) in [7, 11) is 1.70. The summed E-state index contributed by atoms with van der Waals surface area (Å²) in [5.74, 6) is 0.183. The molecule has 24 heavy (non-hydrogen) atoms. The van der Waals surface area contributed by atoms with Crippen molar-refractivity contribution in [1.82, 2.24) is 25.4 Å². The largest absolute Gasteiger partial charge is 0.338 e. The van der Waals surface area contributed by atoms with E-state index in [4.69, 9.17) is 4.52 Å². The summed E-state index contributed by atoms with van der Waals surface area (Å²) in [6.45, 7) is 0. The van der Waals surface area contributed by atoms with Gasteiger partial charge in [-0.3, -0.25) is 14.6 Å². The number of rotatable bonds is 4. The van der Waals surface area contributed by atoms with Crippen molar-refractivity contribution < 1.29 is 14.0 Å². The van der Waals surface area contributed by atoms with Crippen LogP contribution in [-0.4, -0.2) is 37.1 Å². The van der Waals surface area contributed by atoms with Crippen LogP contribution in [-0.2, 0) is 11.8 Å². The minimum atomic E-state index is -0.239. The minimum absolute atomic E-state index is 0.137. The SMILES string of the molecule is C[n+]1cc(NC(=O)CSc2nnc3c(n2)[nH]c2ccccc23)on1. The molecule has 4 aromatic rings. The number of aryl methyl sites for hydroxylation is 1. The number of amides is 1. The Kier molecular flexibility index (Phi) is 3.58. The lowest BCUT2D eigenvalue weighted by Gasteiger charge is -1.99. The summed E-state index contributed by atoms with van der Waals surface area (Å²) in [4.78, 5) is 19.5. The number of carbonyl (C=O) groups excluding carboxylic acids is 1. The van der Waals surface area contributed by atoms with Crippen molar-refractivity contribution in [2.45, 2.75) is 5.16 Å². The minimum Gasteiger partial charge on any atom is -0.338 e. The quantitative estimate of drug-likeness (QED) is 0.421. The van der Waals surface area contributed by atoms with Crippen LogP contribution in [0.25, 0.3) is 22.1 Å². The smallest absolute Gasteiger partial charge is 0.302 e. The summed E-state index contributed by atoms with van der Waals surface area (Å²) >= 11 is 1.19. The Morgan fingerprint density at radius 1 is 1.38 bits per heavy atom. The van der Waals surface area contributed by atoms with Gasteiger partial charge in [0.15, 0.2) is 18.0 Å². The van der Waals surface area contributed by atoms with Crippen molar-refractivity contribution in [3.8, 4) is 0 Å². The lowest BCUT2D eigenvalue weighted by molar-refractivity contribution is -0.739. The molecular formula is C14H12N7O2S+. The fourth-order valence-electron chi connectivity index (χ4n) is 2.25. The van der Waals surface area contributed by atoms with E-state index in [-0.39, 0.29) is 17.5 Å². The number of carbonyl (C=O) groups is 1. The van der Waals surface area contributed by atoms with Gasteiger partial charge in [0.05, 0.1) is 5.75 Å². The zero-order chi connectivity index (χ0) is 16.5. The van der Waals surface area contributed by atoms with Crippen LogP contribution in [0.5, 0.6) is 0 Å². The van der Waals surface area contributed by atoms with Crippen molar-refractivity contribution in [3.63, 3.8) is 0 Å². The Hall–Kier alpha value is -3.01. The first-order chi connectivity index (χ1) is 11.7. The summed E-state index contributed by atoms with van der Waals surface area (Å²) in [5.41, 5.74) is 2.32. The van der Waals surface area contributed by atoms with E-state index in [1.807, 2.05) is 24.3 Å². The molecule has 0 radical (unpaired) electrons. The van der Waals surface area contributed by atoms with Gasteiger partial charge in [-0.15, -0.1) is 10.2 Å². The van der Waals surface area contributed by atoms with E-state index in [0.29, 0.717) is 16.3 Å². The topological polar surface area (TPSA) is 113 Å². The standard InChI is InChI=1S/C14H11N7O2S/c1-21-6-11(23-20-21)16-10(22)7-24-14-17-13-12(18-19-14)8-4-2-3-5-9(8)15-13/h2-6H,7H2,1H3,(H-,15,16,17,18,19,20,22)/p+1. The zero-order valence-electron chi connectivity index (χ0n) is 12.6. The predicted molar refractivity (Wildman–Crippen MR) is 86.2 cm³/mol. The number of nitrogens with one attached hydrogen (secondary N) is 2. The molecule has 0 unspecified atom stereocenters. The monoisotopic (exact) mass is 342 g/mol. The molecule has 3 aromatic heterocycles. The molecule has 10 heteroatoms. The third-order valence-electron chi connectivity index (χ3n) is 3.27. The molecule has 0 fully saturated rings. The summed E-state index contributed by atoms with van der Waals surface area (Å²) in [6, 6.07) is 7.79. The second-order valence-electron chi connectivity index (χ2n) is 5.04. The van der Waals surface area contributed by atoms with Crippen molar-refractivity contribution in [2.24, 2.45) is 7.05 Å². The van der Waals surface area contributed by atoms with E-state index in [2.05, 4.69) is 30.8 Å². The fraction of sp³-hybridized carbons (Fsp3) is 0.143. The van der Waals surface area contributed by atoms with Crippen LogP contribution in [0.2, 0.25) is 0 Å². The van der Waals surface area contributed by atoms with Gasteiger partial charge in [-0.2, -0.15) is 0 Å². The maximum atomic E-state index is 11.9. The Labute approximate surface area is 139 Å². The van der Waals surface area contributed by atoms with Crippen LogP contribution < -0.4 is 10.00 Å². The van der Waals surface area contributed by atoms with Crippen LogP contribution in [0.4, 0.5) is 5.88 Å². The molecule has 0 saturated carbocycles. The van der Waals surface area contributed by atoms with Crippen molar-refractivity contribution >= 4 is 45.6 Å². The van der Waals surface area contributed by atoms with E-state index < -0.39 is 0 Å². The van der Waals surface area contributed by atoms with Crippen LogP contribution in [0.15, 0.2) is 40.1 Å². The van der Waals surface area contributed by atoms with E-state index >= 15 is 0 Å². The summed E-state index contributed by atoms with van der Waals surface area (Å²) in [6.07, 6.45) is 1.57. The number of hydrogen-bond acceptors (Lipinski definition) is 7. The number of nitrogens with zero attached hydrogens (tertiary/aromatic N) is 5. The van der Waals surface area contributed by atoms with E-state index in [1.165, 1.54) is 16.4 Å². The molecule has 3 heterocycles. The molecule has 120 valence electrons. The Morgan fingerprint density at radius 3 is 3.08 bits per heavy atom. The van der Waals surface area contributed by atoms with Crippen LogP contribution in [0.1, 0.15) is 0 Å². The number of benzene rings is 1.